The van der Waals surface area contributed by atoms with Crippen LogP contribution in [-0.4, -0.2) is 36.8 Å². The van der Waals surface area contributed by atoms with Crippen molar-refractivity contribution in [1.82, 2.24) is 5.32 Å². The Kier molecular flexibility index (Phi) is 4.35. The van der Waals surface area contributed by atoms with E-state index in [-0.39, 0.29) is 0 Å². The smallest absolute Gasteiger partial charge is 0.0601 e. The van der Waals surface area contributed by atoms with Crippen LogP contribution in [0, 0.1) is 0 Å². The van der Waals surface area contributed by atoms with Crippen LogP contribution in [0.3, 0.4) is 0 Å². The Morgan fingerprint density at radius 3 is 2.60 bits per heavy atom. The van der Waals surface area contributed by atoms with E-state index in [1.807, 2.05) is 18.9 Å². The van der Waals surface area contributed by atoms with E-state index in [4.69, 9.17) is 4.74 Å². The molecule has 0 aromatic carbocycles. The first kappa shape index (κ1) is 11.7. The molecule has 0 bridgehead atoms. The van der Waals surface area contributed by atoms with Crippen LogP contribution in [0.15, 0.2) is 0 Å². The average molecular weight is 229 g/mol. The van der Waals surface area contributed by atoms with Gasteiger partial charge >= 0.3 is 0 Å². The molecule has 0 amide bonds. The number of methoxy groups -OCH3 is 1. The van der Waals surface area contributed by atoms with E-state index in [9.17, 15) is 0 Å². The normalized spacial score (nSPS) is 41.2. The average Bonchev–Trinajstić information content (AvgIpc) is 2.23. The van der Waals surface area contributed by atoms with Gasteiger partial charge in [0.15, 0.2) is 0 Å². The van der Waals surface area contributed by atoms with Gasteiger partial charge in [-0.3, -0.25) is 0 Å². The molecule has 2 atom stereocenters. The lowest BCUT2D eigenvalue weighted by Gasteiger charge is -2.40. The molecule has 0 heterocycles. The van der Waals surface area contributed by atoms with E-state index >= 15 is 0 Å². The summed E-state index contributed by atoms with van der Waals surface area (Å²) in [5, 5.41) is 4.67. The van der Waals surface area contributed by atoms with Gasteiger partial charge in [0.1, 0.15) is 0 Å². The van der Waals surface area contributed by atoms with Crippen molar-refractivity contribution in [2.45, 2.75) is 62.0 Å². The van der Waals surface area contributed by atoms with Crippen LogP contribution in [0.1, 0.15) is 38.5 Å². The van der Waals surface area contributed by atoms with Gasteiger partial charge < -0.3 is 10.1 Å². The third-order valence-corrected chi connectivity index (χ3v) is 5.05. The maximum atomic E-state index is 5.31. The maximum absolute atomic E-state index is 5.31. The molecule has 2 fully saturated rings. The Morgan fingerprint density at radius 2 is 1.93 bits per heavy atom. The first-order valence-electron chi connectivity index (χ1n) is 6.15. The number of ether oxygens (including phenoxy) is 1. The predicted molar refractivity (Wildman–Crippen MR) is 66.5 cm³/mol. The number of thioether (sulfide) groups is 1. The summed E-state index contributed by atoms with van der Waals surface area (Å²) in [6.45, 7) is 0. The second-order valence-electron chi connectivity index (χ2n) is 4.86. The highest BCUT2D eigenvalue weighted by Gasteiger charge is 2.33. The van der Waals surface area contributed by atoms with Gasteiger partial charge in [0, 0.05) is 24.4 Å². The molecule has 15 heavy (non-hydrogen) atoms. The van der Waals surface area contributed by atoms with Gasteiger partial charge in [-0.1, -0.05) is 12.8 Å². The summed E-state index contributed by atoms with van der Waals surface area (Å²) in [4.78, 5) is 0. The molecule has 0 radical (unpaired) electrons. The lowest BCUT2D eigenvalue weighted by molar-refractivity contribution is 0.0131. The Morgan fingerprint density at radius 1 is 1.20 bits per heavy atom. The molecule has 2 aliphatic rings. The van der Waals surface area contributed by atoms with E-state index < -0.39 is 0 Å². The number of hydrogen-bond donors (Lipinski definition) is 1. The van der Waals surface area contributed by atoms with Gasteiger partial charge in [-0.25, -0.2) is 0 Å². The van der Waals surface area contributed by atoms with Crippen molar-refractivity contribution in [1.29, 1.82) is 0 Å². The zero-order valence-electron chi connectivity index (χ0n) is 9.87. The van der Waals surface area contributed by atoms with Crippen LogP contribution >= 0.6 is 11.8 Å². The number of nitrogens with one attached hydrogen (secondary N) is 1. The first-order valence-corrected chi connectivity index (χ1v) is 7.44. The van der Waals surface area contributed by atoms with Gasteiger partial charge in [0.25, 0.3) is 0 Å². The van der Waals surface area contributed by atoms with Gasteiger partial charge in [0.2, 0.25) is 0 Å². The van der Waals surface area contributed by atoms with Crippen LogP contribution in [0.4, 0.5) is 0 Å². The van der Waals surface area contributed by atoms with E-state index in [1.54, 1.807) is 0 Å². The molecule has 88 valence electrons. The van der Waals surface area contributed by atoms with Crippen molar-refractivity contribution >= 4 is 11.8 Å². The van der Waals surface area contributed by atoms with Crippen LogP contribution < -0.4 is 5.32 Å². The van der Waals surface area contributed by atoms with Crippen molar-refractivity contribution in [3.05, 3.63) is 0 Å². The molecule has 2 nitrogen and oxygen atoms in total. The fourth-order valence-electron chi connectivity index (χ4n) is 2.77. The van der Waals surface area contributed by atoms with Crippen molar-refractivity contribution in [2.24, 2.45) is 0 Å². The van der Waals surface area contributed by atoms with Crippen LogP contribution in [0.2, 0.25) is 0 Å². The van der Waals surface area contributed by atoms with Crippen LogP contribution in [0.5, 0.6) is 0 Å². The highest BCUT2D eigenvalue weighted by atomic mass is 32.2. The van der Waals surface area contributed by atoms with E-state index in [0.29, 0.717) is 6.10 Å². The number of hydrogen-bond acceptors (Lipinski definition) is 3. The first-order chi connectivity index (χ1) is 7.33. The Hall–Kier alpha value is 0.270. The Labute approximate surface area is 97.5 Å². The lowest BCUT2D eigenvalue weighted by Crippen LogP contribution is -2.52. The number of rotatable bonds is 4. The van der Waals surface area contributed by atoms with Gasteiger partial charge in [0.05, 0.1) is 6.10 Å². The van der Waals surface area contributed by atoms with Gasteiger partial charge in [-0.15, -0.1) is 0 Å². The monoisotopic (exact) mass is 229 g/mol. The fourth-order valence-corrected chi connectivity index (χ4v) is 3.71. The van der Waals surface area contributed by atoms with Crippen molar-refractivity contribution < 1.29 is 4.74 Å². The topological polar surface area (TPSA) is 21.3 Å². The molecular weight excluding hydrogens is 206 g/mol. The summed E-state index contributed by atoms with van der Waals surface area (Å²) < 4.78 is 5.31. The van der Waals surface area contributed by atoms with Gasteiger partial charge in [-0.05, 0) is 31.9 Å². The molecule has 1 N–H and O–H groups in total. The zero-order valence-corrected chi connectivity index (χ0v) is 10.7. The highest BCUT2D eigenvalue weighted by molar-refractivity contribution is 7.99. The third kappa shape index (κ3) is 2.89. The minimum absolute atomic E-state index is 0.527. The Bertz CT molecular complexity index is 194. The summed E-state index contributed by atoms with van der Waals surface area (Å²) in [5.74, 6) is 0. The second-order valence-corrected chi connectivity index (χ2v) is 5.93. The molecule has 2 aliphatic carbocycles. The largest absolute Gasteiger partial charge is 0.381 e. The quantitative estimate of drug-likeness (QED) is 0.800. The summed E-state index contributed by atoms with van der Waals surface area (Å²) in [6.07, 6.45) is 10.8. The lowest BCUT2D eigenvalue weighted by atomic mass is 9.86. The molecule has 0 saturated heterocycles. The van der Waals surface area contributed by atoms with Crippen molar-refractivity contribution in [3.8, 4) is 0 Å². The highest BCUT2D eigenvalue weighted by Crippen LogP contribution is 2.30. The summed E-state index contributed by atoms with van der Waals surface area (Å²) in [5.41, 5.74) is 0. The summed E-state index contributed by atoms with van der Waals surface area (Å²) in [6, 6.07) is 1.49. The molecule has 2 unspecified atom stereocenters. The molecule has 0 aliphatic heterocycles. The summed E-state index contributed by atoms with van der Waals surface area (Å²) in [7, 11) is 1.83. The molecule has 3 heteroatoms. The van der Waals surface area contributed by atoms with Crippen molar-refractivity contribution in [3.63, 3.8) is 0 Å². The van der Waals surface area contributed by atoms with Crippen LogP contribution in [-0.2, 0) is 4.74 Å². The second kappa shape index (κ2) is 5.55. The standard InChI is InChI=1S/C12H23NOS/c1-14-10-7-9(8-10)13-11-5-3-4-6-12(11)15-2/h9-13H,3-8H2,1-2H3. The van der Waals surface area contributed by atoms with E-state index in [0.717, 1.165) is 17.3 Å². The minimum atomic E-state index is 0.527. The minimum Gasteiger partial charge on any atom is -0.381 e. The Balaban J connectivity index is 1.73. The molecule has 0 spiro atoms. The SMILES string of the molecule is COC1CC(NC2CCCCC2SC)C1. The molecule has 0 aromatic heterocycles. The zero-order chi connectivity index (χ0) is 10.7. The summed E-state index contributed by atoms with van der Waals surface area (Å²) >= 11 is 2.04. The predicted octanol–water partition coefficient (Wildman–Crippen LogP) is 2.43. The molecule has 2 rings (SSSR count). The van der Waals surface area contributed by atoms with Gasteiger partial charge in [-0.2, -0.15) is 11.8 Å². The van der Waals surface area contributed by atoms with Crippen molar-refractivity contribution in [2.75, 3.05) is 13.4 Å². The molecule has 0 aromatic rings. The van der Waals surface area contributed by atoms with E-state index in [2.05, 4.69) is 11.6 Å². The van der Waals surface area contributed by atoms with Crippen LogP contribution in [0.25, 0.3) is 0 Å². The third-order valence-electron chi connectivity index (χ3n) is 3.88. The molecule has 2 saturated carbocycles. The van der Waals surface area contributed by atoms with E-state index in [1.165, 1.54) is 38.5 Å². The molecular formula is C12H23NOS. The fraction of sp³-hybridized carbons (Fsp3) is 1.00. The maximum Gasteiger partial charge on any atom is 0.0601 e.